The quantitative estimate of drug-likeness (QED) is 0.758. The number of aromatic nitrogens is 4. The lowest BCUT2D eigenvalue weighted by Gasteiger charge is -2.27. The van der Waals surface area contributed by atoms with Crippen molar-refractivity contribution in [2.45, 2.75) is 31.9 Å². The number of nitrogen functional groups attached to an aromatic ring is 1. The third-order valence-corrected chi connectivity index (χ3v) is 4.21. The van der Waals surface area contributed by atoms with Gasteiger partial charge in [0.2, 0.25) is 11.9 Å². The number of carbonyl (C=O) groups is 1. The van der Waals surface area contributed by atoms with Gasteiger partial charge in [0.25, 0.3) is 0 Å². The van der Waals surface area contributed by atoms with Gasteiger partial charge in [-0.2, -0.15) is 0 Å². The molecule has 0 spiro atoms. The zero-order valence-electron chi connectivity index (χ0n) is 12.7. The summed E-state index contributed by atoms with van der Waals surface area (Å²) in [6, 6.07) is 0. The molecular formula is C13H23N7O2. The number of nitrogens with two attached hydrogens (primary N) is 1. The van der Waals surface area contributed by atoms with Crippen molar-refractivity contribution >= 4 is 11.9 Å². The van der Waals surface area contributed by atoms with Crippen molar-refractivity contribution < 1.29 is 9.53 Å². The van der Waals surface area contributed by atoms with Gasteiger partial charge in [-0.05, 0) is 42.8 Å². The summed E-state index contributed by atoms with van der Waals surface area (Å²) in [5.74, 6) is 0.143. The molecule has 0 bridgehead atoms. The van der Waals surface area contributed by atoms with Crippen molar-refractivity contribution in [3.05, 3.63) is 0 Å². The van der Waals surface area contributed by atoms with E-state index in [9.17, 15) is 4.79 Å². The minimum Gasteiger partial charge on any atom is -0.375 e. The van der Waals surface area contributed by atoms with Crippen LogP contribution in [-0.2, 0) is 16.1 Å². The number of hydrogen-bond donors (Lipinski definition) is 1. The number of anilines is 1. The molecule has 9 nitrogen and oxygen atoms in total. The average Bonchev–Trinajstić information content (AvgIpc) is 3.08. The highest BCUT2D eigenvalue weighted by Crippen LogP contribution is 2.13. The highest BCUT2D eigenvalue weighted by atomic mass is 16.5. The van der Waals surface area contributed by atoms with Crippen LogP contribution < -0.4 is 5.73 Å². The van der Waals surface area contributed by atoms with Gasteiger partial charge in [0.05, 0.1) is 6.10 Å². The van der Waals surface area contributed by atoms with E-state index in [1.54, 1.807) is 0 Å². The Morgan fingerprint density at radius 2 is 2.09 bits per heavy atom. The van der Waals surface area contributed by atoms with Crippen molar-refractivity contribution in [3.63, 3.8) is 0 Å². The number of rotatable bonds is 4. The molecule has 0 unspecified atom stereocenters. The molecule has 1 aromatic rings. The number of hydrogen-bond acceptors (Lipinski definition) is 7. The van der Waals surface area contributed by atoms with Crippen LogP contribution >= 0.6 is 0 Å². The molecule has 3 heterocycles. The van der Waals surface area contributed by atoms with Gasteiger partial charge >= 0.3 is 0 Å². The Bertz CT molecular complexity index is 500. The molecule has 2 aliphatic heterocycles. The number of amides is 1. The van der Waals surface area contributed by atoms with Crippen molar-refractivity contribution in [2.24, 2.45) is 0 Å². The Kier molecular flexibility index (Phi) is 4.84. The van der Waals surface area contributed by atoms with E-state index in [1.807, 2.05) is 4.90 Å². The SMILES string of the molecule is Nc1nnnn1CC(=O)N1CCCO[C@H](CN2CCCC2)C1. The fraction of sp³-hybridized carbons (Fsp3) is 0.846. The Morgan fingerprint density at radius 1 is 1.27 bits per heavy atom. The second kappa shape index (κ2) is 7.01. The first kappa shape index (κ1) is 15.2. The maximum atomic E-state index is 12.4. The molecule has 3 rings (SSSR count). The van der Waals surface area contributed by atoms with Crippen LogP contribution in [0.5, 0.6) is 0 Å². The van der Waals surface area contributed by atoms with Gasteiger partial charge in [0.1, 0.15) is 6.54 Å². The van der Waals surface area contributed by atoms with Crippen LogP contribution in [0.4, 0.5) is 5.95 Å². The van der Waals surface area contributed by atoms with E-state index in [1.165, 1.54) is 17.5 Å². The summed E-state index contributed by atoms with van der Waals surface area (Å²) in [4.78, 5) is 16.7. The molecule has 122 valence electrons. The Balaban J connectivity index is 1.56. The summed E-state index contributed by atoms with van der Waals surface area (Å²) in [6.07, 6.45) is 3.45. The smallest absolute Gasteiger partial charge is 0.244 e. The molecule has 1 aromatic heterocycles. The maximum absolute atomic E-state index is 12.4. The first-order chi connectivity index (χ1) is 10.7. The molecule has 22 heavy (non-hydrogen) atoms. The summed E-state index contributed by atoms with van der Waals surface area (Å²) in [6.45, 7) is 5.28. The van der Waals surface area contributed by atoms with Gasteiger partial charge in [-0.15, -0.1) is 0 Å². The molecule has 2 aliphatic rings. The van der Waals surface area contributed by atoms with E-state index in [4.69, 9.17) is 10.5 Å². The van der Waals surface area contributed by atoms with Crippen LogP contribution in [0.15, 0.2) is 0 Å². The minimum atomic E-state index is -0.0177. The third kappa shape index (κ3) is 3.72. The van der Waals surface area contributed by atoms with E-state index in [2.05, 4.69) is 20.4 Å². The van der Waals surface area contributed by atoms with E-state index in [0.717, 1.165) is 26.1 Å². The molecule has 2 fully saturated rings. The van der Waals surface area contributed by atoms with Crippen molar-refractivity contribution in [3.8, 4) is 0 Å². The van der Waals surface area contributed by atoms with Gasteiger partial charge in [-0.25, -0.2) is 4.68 Å². The summed E-state index contributed by atoms with van der Waals surface area (Å²) in [5, 5.41) is 10.8. The van der Waals surface area contributed by atoms with Gasteiger partial charge in [-0.3, -0.25) is 4.79 Å². The van der Waals surface area contributed by atoms with E-state index in [-0.39, 0.29) is 24.5 Å². The van der Waals surface area contributed by atoms with Crippen molar-refractivity contribution in [1.82, 2.24) is 30.0 Å². The summed E-state index contributed by atoms with van der Waals surface area (Å²) in [5.41, 5.74) is 5.61. The van der Waals surface area contributed by atoms with Crippen LogP contribution in [-0.4, -0.2) is 81.3 Å². The zero-order valence-corrected chi connectivity index (χ0v) is 12.7. The van der Waals surface area contributed by atoms with E-state index < -0.39 is 0 Å². The second-order valence-corrected chi connectivity index (χ2v) is 5.89. The topological polar surface area (TPSA) is 102 Å². The Morgan fingerprint density at radius 3 is 2.82 bits per heavy atom. The molecule has 1 atom stereocenters. The van der Waals surface area contributed by atoms with Crippen LogP contribution in [0.3, 0.4) is 0 Å². The Labute approximate surface area is 129 Å². The lowest BCUT2D eigenvalue weighted by Crippen LogP contribution is -2.43. The number of ether oxygens (including phenoxy) is 1. The standard InChI is InChI=1S/C13H23N7O2/c14-13-15-16-17-20(13)10-12(21)19-6-3-7-22-11(9-19)8-18-4-1-2-5-18/h11H,1-10H2,(H2,14,15,17)/t11-/m1/s1. The van der Waals surface area contributed by atoms with Crippen molar-refractivity contribution in [2.75, 3.05) is 45.1 Å². The number of carbonyl (C=O) groups excluding carboxylic acids is 1. The maximum Gasteiger partial charge on any atom is 0.244 e. The molecule has 1 amide bonds. The minimum absolute atomic E-state index is 0.0177. The fourth-order valence-electron chi connectivity index (χ4n) is 3.04. The molecule has 2 saturated heterocycles. The van der Waals surface area contributed by atoms with Gasteiger partial charge in [0.15, 0.2) is 0 Å². The van der Waals surface area contributed by atoms with Crippen LogP contribution in [0.1, 0.15) is 19.3 Å². The zero-order chi connectivity index (χ0) is 15.4. The second-order valence-electron chi connectivity index (χ2n) is 5.89. The summed E-state index contributed by atoms with van der Waals surface area (Å²) < 4.78 is 7.22. The largest absolute Gasteiger partial charge is 0.375 e. The number of likely N-dealkylation sites (tertiary alicyclic amines) is 1. The highest BCUT2D eigenvalue weighted by molar-refractivity contribution is 5.76. The summed E-state index contributed by atoms with van der Waals surface area (Å²) in [7, 11) is 0. The monoisotopic (exact) mass is 309 g/mol. The first-order valence-electron chi connectivity index (χ1n) is 7.86. The van der Waals surface area contributed by atoms with Crippen LogP contribution in [0.25, 0.3) is 0 Å². The van der Waals surface area contributed by atoms with Crippen LogP contribution in [0.2, 0.25) is 0 Å². The van der Waals surface area contributed by atoms with Gasteiger partial charge < -0.3 is 20.3 Å². The number of nitrogens with zero attached hydrogens (tertiary/aromatic N) is 6. The molecule has 0 aromatic carbocycles. The third-order valence-electron chi connectivity index (χ3n) is 4.21. The first-order valence-corrected chi connectivity index (χ1v) is 7.86. The molecule has 0 aliphatic carbocycles. The van der Waals surface area contributed by atoms with E-state index >= 15 is 0 Å². The Hall–Kier alpha value is -1.74. The van der Waals surface area contributed by atoms with E-state index in [0.29, 0.717) is 19.7 Å². The lowest BCUT2D eigenvalue weighted by molar-refractivity contribution is -0.133. The fourth-order valence-corrected chi connectivity index (χ4v) is 3.04. The van der Waals surface area contributed by atoms with Gasteiger partial charge in [0, 0.05) is 26.2 Å². The normalized spacial score (nSPS) is 23.6. The van der Waals surface area contributed by atoms with Crippen molar-refractivity contribution in [1.29, 1.82) is 0 Å². The molecule has 0 radical (unpaired) electrons. The molecule has 0 saturated carbocycles. The number of tetrazole rings is 1. The highest BCUT2D eigenvalue weighted by Gasteiger charge is 2.25. The molecular weight excluding hydrogens is 286 g/mol. The van der Waals surface area contributed by atoms with Gasteiger partial charge in [-0.1, -0.05) is 5.10 Å². The predicted molar refractivity (Wildman–Crippen MR) is 78.8 cm³/mol. The molecule has 9 heteroatoms. The lowest BCUT2D eigenvalue weighted by atomic mass is 10.3. The molecule has 2 N–H and O–H groups in total. The predicted octanol–water partition coefficient (Wildman–Crippen LogP) is -1.03. The average molecular weight is 309 g/mol. The summed E-state index contributed by atoms with van der Waals surface area (Å²) >= 11 is 0. The van der Waals surface area contributed by atoms with Crippen LogP contribution in [0, 0.1) is 0 Å².